The first kappa shape index (κ1) is 48.0. The summed E-state index contributed by atoms with van der Waals surface area (Å²) in [7, 11) is 0. The first-order valence-corrected chi connectivity index (χ1v) is 22.7. The van der Waals surface area contributed by atoms with E-state index in [-0.39, 0.29) is 12.1 Å². The van der Waals surface area contributed by atoms with E-state index < -0.39 is 0 Å². The van der Waals surface area contributed by atoms with E-state index in [1.54, 1.807) is 0 Å². The molecule has 0 aliphatic rings. The topological polar surface area (TPSA) is 88.7 Å². The van der Waals surface area contributed by atoms with Gasteiger partial charge in [-0.3, -0.25) is 0 Å². The predicted octanol–water partition coefficient (Wildman–Crippen LogP) is 12.0. The Kier molecular flexibility index (Phi) is 28.9. The summed E-state index contributed by atoms with van der Waals surface area (Å²) in [5.41, 5.74) is 3.91. The van der Waals surface area contributed by atoms with Crippen LogP contribution >= 0.6 is 0 Å². The Hall–Kier alpha value is -3.10. The Balaban J connectivity index is 1.67. The van der Waals surface area contributed by atoms with Crippen molar-refractivity contribution in [3.05, 3.63) is 59.7 Å². The molecule has 0 aliphatic heterocycles. The Morgan fingerprint density at radius 2 is 0.691 bits per heavy atom. The summed E-state index contributed by atoms with van der Waals surface area (Å²) >= 11 is 0. The molecular weight excluding hydrogens is 681 g/mol. The van der Waals surface area contributed by atoms with Crippen LogP contribution in [0.4, 0.5) is 21.0 Å². The van der Waals surface area contributed by atoms with Crippen molar-refractivity contribution >= 4 is 23.4 Å². The number of hydrogen-bond donors (Lipinski definition) is 4. The molecule has 0 aromatic heterocycles. The minimum Gasteiger partial charge on any atom is -0.338 e. The monoisotopic (exact) mass is 763 g/mol. The van der Waals surface area contributed by atoms with Crippen LogP contribution in [-0.2, 0) is 6.42 Å². The molecule has 2 aromatic carbocycles. The van der Waals surface area contributed by atoms with Gasteiger partial charge in [0, 0.05) is 24.5 Å². The number of rotatable bonds is 34. The third-order valence-corrected chi connectivity index (χ3v) is 10.5. The van der Waals surface area contributed by atoms with Crippen molar-refractivity contribution in [1.29, 1.82) is 0 Å². The first-order chi connectivity index (χ1) is 27.0. The molecule has 312 valence electrons. The van der Waals surface area contributed by atoms with Crippen LogP contribution in [0, 0.1) is 0 Å². The standard InChI is InChI=1S/C47H82N6O2/c1-5-9-13-17-21-37-52(35-19-15-11-7-3)39-23-33-48-46(54)50-44-29-25-42(26-30-44)41-43-27-31-45(32-28-43)51-47(55)49-34-24-40-53(36-20-16-12-8-4)38-22-18-14-10-6-2/h25-32H,5-24,33-41H2,1-4H3,(H2,48,50,54)(H2,49,51,55). The van der Waals surface area contributed by atoms with Gasteiger partial charge in [0.05, 0.1) is 0 Å². The molecule has 0 saturated carbocycles. The highest BCUT2D eigenvalue weighted by molar-refractivity contribution is 5.89. The van der Waals surface area contributed by atoms with E-state index in [1.165, 1.54) is 153 Å². The highest BCUT2D eigenvalue weighted by Gasteiger charge is 2.09. The van der Waals surface area contributed by atoms with Crippen molar-refractivity contribution in [2.45, 2.75) is 163 Å². The molecule has 0 spiro atoms. The molecule has 0 aliphatic carbocycles. The third-order valence-electron chi connectivity index (χ3n) is 10.5. The number of nitrogens with one attached hydrogen (secondary N) is 4. The normalized spacial score (nSPS) is 11.3. The fraction of sp³-hybridized carbons (Fsp3) is 0.702. The van der Waals surface area contributed by atoms with Gasteiger partial charge in [-0.2, -0.15) is 0 Å². The minimum absolute atomic E-state index is 0.151. The highest BCUT2D eigenvalue weighted by Crippen LogP contribution is 2.16. The van der Waals surface area contributed by atoms with Gasteiger partial charge in [-0.05, 0) is 120 Å². The average molecular weight is 763 g/mol. The lowest BCUT2D eigenvalue weighted by molar-refractivity contribution is 0.244. The van der Waals surface area contributed by atoms with Gasteiger partial charge < -0.3 is 31.1 Å². The zero-order chi connectivity index (χ0) is 39.6. The Labute approximate surface area is 337 Å². The molecule has 0 heterocycles. The smallest absolute Gasteiger partial charge is 0.319 e. The zero-order valence-electron chi connectivity index (χ0n) is 35.8. The number of hydrogen-bond acceptors (Lipinski definition) is 4. The van der Waals surface area contributed by atoms with Gasteiger partial charge in [-0.25, -0.2) is 9.59 Å². The SMILES string of the molecule is CCCCCCCN(CCCCCC)CCCNC(=O)Nc1ccc(Cc2ccc(NC(=O)NCCCN(CCCCCC)CCCCCCC)cc2)cc1. The molecule has 0 saturated heterocycles. The number of amides is 4. The molecule has 0 atom stereocenters. The van der Waals surface area contributed by atoms with Gasteiger partial charge in [0.25, 0.3) is 0 Å². The summed E-state index contributed by atoms with van der Waals surface area (Å²) in [4.78, 5) is 30.4. The summed E-state index contributed by atoms with van der Waals surface area (Å²) in [5, 5.41) is 12.1. The van der Waals surface area contributed by atoms with E-state index in [2.05, 4.69) is 83.0 Å². The zero-order valence-corrected chi connectivity index (χ0v) is 35.8. The molecule has 2 aromatic rings. The number of carbonyl (C=O) groups excluding carboxylic acids is 2. The maximum absolute atomic E-state index is 12.6. The number of benzene rings is 2. The molecule has 0 fully saturated rings. The largest absolute Gasteiger partial charge is 0.338 e. The predicted molar refractivity (Wildman–Crippen MR) is 238 cm³/mol. The molecule has 2 rings (SSSR count). The van der Waals surface area contributed by atoms with E-state index in [0.29, 0.717) is 13.1 Å². The molecule has 55 heavy (non-hydrogen) atoms. The molecule has 0 bridgehead atoms. The third kappa shape index (κ3) is 25.6. The summed E-state index contributed by atoms with van der Waals surface area (Å²) in [6.07, 6.45) is 26.2. The van der Waals surface area contributed by atoms with Crippen molar-refractivity contribution in [1.82, 2.24) is 20.4 Å². The minimum atomic E-state index is -0.151. The van der Waals surface area contributed by atoms with E-state index in [0.717, 1.165) is 43.7 Å². The number of anilines is 2. The molecular formula is C47H82N6O2. The lowest BCUT2D eigenvalue weighted by atomic mass is 10.0. The van der Waals surface area contributed by atoms with Gasteiger partial charge >= 0.3 is 12.1 Å². The quantitative estimate of drug-likeness (QED) is 0.0535. The second-order valence-electron chi connectivity index (χ2n) is 15.7. The van der Waals surface area contributed by atoms with Crippen LogP contribution in [0.15, 0.2) is 48.5 Å². The van der Waals surface area contributed by atoms with E-state index >= 15 is 0 Å². The summed E-state index contributed by atoms with van der Waals surface area (Å²) < 4.78 is 0. The van der Waals surface area contributed by atoms with Crippen molar-refractivity contribution < 1.29 is 9.59 Å². The van der Waals surface area contributed by atoms with Crippen LogP contribution in [0.25, 0.3) is 0 Å². The summed E-state index contributed by atoms with van der Waals surface area (Å²) in [5.74, 6) is 0. The maximum Gasteiger partial charge on any atom is 0.319 e. The number of nitrogens with zero attached hydrogens (tertiary/aromatic N) is 2. The molecule has 8 nitrogen and oxygen atoms in total. The fourth-order valence-corrected chi connectivity index (χ4v) is 7.08. The Bertz CT molecular complexity index is 1110. The maximum atomic E-state index is 12.6. The Morgan fingerprint density at radius 3 is 1.02 bits per heavy atom. The lowest BCUT2D eigenvalue weighted by Gasteiger charge is -2.22. The van der Waals surface area contributed by atoms with Gasteiger partial charge in [-0.1, -0.05) is 142 Å². The van der Waals surface area contributed by atoms with Crippen LogP contribution in [0.2, 0.25) is 0 Å². The van der Waals surface area contributed by atoms with E-state index in [9.17, 15) is 9.59 Å². The summed E-state index contributed by atoms with van der Waals surface area (Å²) in [6.45, 7) is 17.2. The molecule has 4 amide bonds. The van der Waals surface area contributed by atoms with Gasteiger partial charge in [0.2, 0.25) is 0 Å². The second kappa shape index (κ2) is 33.1. The van der Waals surface area contributed by atoms with Crippen molar-refractivity contribution in [3.8, 4) is 0 Å². The van der Waals surface area contributed by atoms with Crippen molar-refractivity contribution in [2.75, 3.05) is 63.0 Å². The fourth-order valence-electron chi connectivity index (χ4n) is 7.08. The van der Waals surface area contributed by atoms with Crippen LogP contribution in [0.5, 0.6) is 0 Å². The summed E-state index contributed by atoms with van der Waals surface area (Å²) in [6, 6.07) is 15.8. The molecule has 0 radical (unpaired) electrons. The van der Waals surface area contributed by atoms with Crippen LogP contribution < -0.4 is 21.3 Å². The van der Waals surface area contributed by atoms with E-state index in [1.807, 2.05) is 24.3 Å². The second-order valence-corrected chi connectivity index (χ2v) is 15.7. The van der Waals surface area contributed by atoms with Gasteiger partial charge in [-0.15, -0.1) is 0 Å². The van der Waals surface area contributed by atoms with Crippen molar-refractivity contribution in [2.24, 2.45) is 0 Å². The number of urea groups is 2. The van der Waals surface area contributed by atoms with Gasteiger partial charge in [0.15, 0.2) is 0 Å². The van der Waals surface area contributed by atoms with Crippen LogP contribution in [-0.4, -0.2) is 74.2 Å². The van der Waals surface area contributed by atoms with E-state index in [4.69, 9.17) is 0 Å². The Morgan fingerprint density at radius 1 is 0.400 bits per heavy atom. The molecule has 0 unspecified atom stereocenters. The first-order valence-electron chi connectivity index (χ1n) is 22.7. The lowest BCUT2D eigenvalue weighted by Crippen LogP contribution is -2.33. The number of unbranched alkanes of at least 4 members (excludes halogenated alkanes) is 14. The van der Waals surface area contributed by atoms with Crippen molar-refractivity contribution in [3.63, 3.8) is 0 Å². The number of carbonyl (C=O) groups is 2. The van der Waals surface area contributed by atoms with Crippen LogP contribution in [0.3, 0.4) is 0 Å². The van der Waals surface area contributed by atoms with Gasteiger partial charge in [0.1, 0.15) is 0 Å². The van der Waals surface area contributed by atoms with Crippen LogP contribution in [0.1, 0.15) is 167 Å². The molecule has 4 N–H and O–H groups in total. The molecule has 8 heteroatoms. The average Bonchev–Trinajstić information content (AvgIpc) is 3.19. The highest BCUT2D eigenvalue weighted by atomic mass is 16.2.